The summed E-state index contributed by atoms with van der Waals surface area (Å²) in [5.74, 6) is -0.238. The van der Waals surface area contributed by atoms with Gasteiger partial charge in [-0.25, -0.2) is 0 Å². The maximum atomic E-state index is 12.4. The summed E-state index contributed by atoms with van der Waals surface area (Å²) in [6.07, 6.45) is 5.88. The Labute approximate surface area is 246 Å². The molecule has 1 aliphatic heterocycles. The van der Waals surface area contributed by atoms with Gasteiger partial charge in [0.2, 0.25) is 0 Å². The summed E-state index contributed by atoms with van der Waals surface area (Å²) in [4.78, 5) is 30.6. The van der Waals surface area contributed by atoms with Gasteiger partial charge in [0.1, 0.15) is 18.1 Å². The van der Waals surface area contributed by atoms with Crippen molar-refractivity contribution in [3.8, 4) is 5.75 Å². The molecule has 6 rings (SSSR count). The van der Waals surface area contributed by atoms with Gasteiger partial charge < -0.3 is 9.64 Å². The molecule has 0 radical (unpaired) electrons. The highest BCUT2D eigenvalue weighted by molar-refractivity contribution is 6.52. The number of amides is 1. The third-order valence-electron chi connectivity index (χ3n) is 6.85. The second-order valence-corrected chi connectivity index (χ2v) is 10.3. The summed E-state index contributed by atoms with van der Waals surface area (Å²) in [6.45, 7) is 3.14. The van der Waals surface area contributed by atoms with E-state index < -0.39 is 11.7 Å². The number of benzene rings is 3. The third-order valence-corrected chi connectivity index (χ3v) is 7.09. The minimum absolute atomic E-state index is 0.264. The van der Waals surface area contributed by atoms with E-state index >= 15 is 0 Å². The highest BCUT2D eigenvalue weighted by atomic mass is 35.5. The number of rotatable bonds is 10. The van der Waals surface area contributed by atoms with Gasteiger partial charge in [0.05, 0.1) is 34.9 Å². The van der Waals surface area contributed by atoms with Crippen LogP contribution in [-0.2, 0) is 17.9 Å². The van der Waals surface area contributed by atoms with E-state index in [1.54, 1.807) is 28.1 Å². The van der Waals surface area contributed by atoms with Crippen LogP contribution in [0.5, 0.6) is 5.75 Å². The first-order valence-electron chi connectivity index (χ1n) is 13.4. The van der Waals surface area contributed by atoms with Crippen molar-refractivity contribution in [2.24, 2.45) is 5.10 Å². The molecule has 11 heteroatoms. The molecule has 42 heavy (non-hydrogen) atoms. The summed E-state index contributed by atoms with van der Waals surface area (Å²) < 4.78 is 7.58. The summed E-state index contributed by atoms with van der Waals surface area (Å²) >= 11 is 6.06. The monoisotopic (exact) mass is 579 g/mol. The lowest BCUT2D eigenvalue weighted by Gasteiger charge is -2.16. The summed E-state index contributed by atoms with van der Waals surface area (Å²) in [5.41, 5.74) is 8.37. The molecule has 2 aromatic heterocycles. The minimum atomic E-state index is -0.482. The van der Waals surface area contributed by atoms with Crippen LogP contribution < -0.4 is 15.1 Å². The fourth-order valence-corrected chi connectivity index (χ4v) is 4.91. The van der Waals surface area contributed by atoms with Crippen molar-refractivity contribution < 1.29 is 14.3 Å². The predicted molar refractivity (Wildman–Crippen MR) is 161 cm³/mol. The molecule has 0 saturated heterocycles. The quantitative estimate of drug-likeness (QED) is 0.133. The average Bonchev–Trinajstić information content (AvgIpc) is 3.54. The fourth-order valence-electron chi connectivity index (χ4n) is 4.74. The zero-order valence-electron chi connectivity index (χ0n) is 22.7. The number of carbonyl (C=O) groups is 2. The van der Waals surface area contributed by atoms with Gasteiger partial charge in [-0.1, -0.05) is 28.4 Å². The Morgan fingerprint density at radius 2 is 1.88 bits per heavy atom. The molecule has 0 bridgehead atoms. The molecule has 0 fully saturated rings. The SMILES string of the molecule is Cc1ccc2c(c1)C(=O)C(=O)N2CCCn1cc(COc2ccc(/C=N/Nc3ccnc4cc(Cl)ccc34)cc2)nn1. The van der Waals surface area contributed by atoms with Crippen LogP contribution in [0.3, 0.4) is 0 Å². The molecule has 0 aliphatic carbocycles. The molecule has 0 unspecified atom stereocenters. The Kier molecular flexibility index (Phi) is 7.61. The van der Waals surface area contributed by atoms with Crippen LogP contribution in [0.4, 0.5) is 11.4 Å². The number of hydrazone groups is 1. The van der Waals surface area contributed by atoms with Crippen LogP contribution in [0.25, 0.3) is 10.9 Å². The lowest BCUT2D eigenvalue weighted by Crippen LogP contribution is -2.31. The zero-order valence-corrected chi connectivity index (χ0v) is 23.5. The number of fused-ring (bicyclic) bond motifs is 2. The van der Waals surface area contributed by atoms with Crippen LogP contribution >= 0.6 is 11.6 Å². The van der Waals surface area contributed by atoms with E-state index in [0.717, 1.165) is 27.7 Å². The van der Waals surface area contributed by atoms with Crippen molar-refractivity contribution in [1.82, 2.24) is 20.0 Å². The third kappa shape index (κ3) is 5.84. The van der Waals surface area contributed by atoms with Crippen LogP contribution in [-0.4, -0.2) is 44.4 Å². The summed E-state index contributed by atoms with van der Waals surface area (Å²) in [6, 6.07) is 20.4. The lowest BCUT2D eigenvalue weighted by molar-refractivity contribution is -0.114. The van der Waals surface area contributed by atoms with Crippen LogP contribution in [0, 0.1) is 6.92 Å². The number of carbonyl (C=O) groups excluding carboxylic acids is 2. The predicted octanol–water partition coefficient (Wildman–Crippen LogP) is 5.43. The Hall–Kier alpha value is -5.09. The molecule has 0 spiro atoms. The first-order chi connectivity index (χ1) is 20.4. The number of pyridine rings is 1. The molecule has 0 atom stereocenters. The number of hydrogen-bond acceptors (Lipinski definition) is 8. The normalized spacial score (nSPS) is 12.9. The van der Waals surface area contributed by atoms with Gasteiger partial charge in [-0.15, -0.1) is 5.10 Å². The molecule has 0 saturated carbocycles. The fraction of sp³-hybridized carbons (Fsp3) is 0.161. The Balaban J connectivity index is 0.976. The summed E-state index contributed by atoms with van der Waals surface area (Å²) in [7, 11) is 0. The average molecular weight is 580 g/mol. The van der Waals surface area contributed by atoms with Gasteiger partial charge in [-0.2, -0.15) is 5.10 Å². The number of nitrogens with zero attached hydrogens (tertiary/aromatic N) is 6. The second kappa shape index (κ2) is 11.8. The molecule has 1 N–H and O–H groups in total. The van der Waals surface area contributed by atoms with Gasteiger partial charge in [0.25, 0.3) is 11.7 Å². The number of halogens is 1. The Bertz CT molecular complexity index is 1820. The highest BCUT2D eigenvalue weighted by Crippen LogP contribution is 2.30. The van der Waals surface area contributed by atoms with E-state index in [-0.39, 0.29) is 6.61 Å². The maximum Gasteiger partial charge on any atom is 0.299 e. The van der Waals surface area contributed by atoms with Crippen molar-refractivity contribution in [3.05, 3.63) is 107 Å². The van der Waals surface area contributed by atoms with Gasteiger partial charge in [0.15, 0.2) is 0 Å². The second-order valence-electron chi connectivity index (χ2n) is 9.88. The van der Waals surface area contributed by atoms with Crippen LogP contribution in [0.2, 0.25) is 5.02 Å². The molecule has 3 aromatic carbocycles. The van der Waals surface area contributed by atoms with Gasteiger partial charge >= 0.3 is 0 Å². The highest BCUT2D eigenvalue weighted by Gasteiger charge is 2.35. The first kappa shape index (κ1) is 27.1. The molecule has 5 aromatic rings. The molecular formula is C31H26ClN7O3. The van der Waals surface area contributed by atoms with Crippen LogP contribution in [0.15, 0.2) is 84.2 Å². The number of Topliss-reactive ketones (excluding diaryl/α,β-unsaturated/α-hetero) is 1. The van der Waals surface area contributed by atoms with Crippen LogP contribution in [0.1, 0.15) is 33.6 Å². The van der Waals surface area contributed by atoms with Crippen molar-refractivity contribution in [2.75, 3.05) is 16.9 Å². The van der Waals surface area contributed by atoms with Crippen molar-refractivity contribution in [3.63, 3.8) is 0 Å². The number of nitrogens with one attached hydrogen (secondary N) is 1. The first-order valence-corrected chi connectivity index (χ1v) is 13.7. The van der Waals surface area contributed by atoms with Gasteiger partial charge in [-0.3, -0.25) is 24.7 Å². The summed E-state index contributed by atoms with van der Waals surface area (Å²) in [5, 5.41) is 14.3. The molecule has 3 heterocycles. The Morgan fingerprint density at radius 1 is 1.02 bits per heavy atom. The topological polar surface area (TPSA) is 115 Å². The number of hydrogen-bond donors (Lipinski definition) is 1. The molecule has 210 valence electrons. The molecule has 10 nitrogen and oxygen atoms in total. The number of aromatic nitrogens is 4. The van der Waals surface area contributed by atoms with E-state index in [9.17, 15) is 9.59 Å². The largest absolute Gasteiger partial charge is 0.487 e. The standard InChI is InChI=1S/C31H26ClN7O3/c1-20-3-10-29-26(15-20)30(40)31(41)39(29)14-2-13-38-18-23(35-37-38)19-42-24-7-4-21(5-8-24)17-34-36-27-11-12-33-28-16-22(32)6-9-25(27)28/h3-12,15-18H,2,13-14,19H2,1H3,(H,33,36)/b34-17+. The van der Waals surface area contributed by atoms with E-state index in [2.05, 4.69) is 25.8 Å². The van der Waals surface area contributed by atoms with Gasteiger partial charge in [0, 0.05) is 29.7 Å². The molecule has 1 amide bonds. The minimum Gasteiger partial charge on any atom is -0.487 e. The van der Waals surface area contributed by atoms with Crippen molar-refractivity contribution in [1.29, 1.82) is 0 Å². The van der Waals surface area contributed by atoms with E-state index in [1.807, 2.05) is 73.8 Å². The van der Waals surface area contributed by atoms with E-state index in [4.69, 9.17) is 16.3 Å². The zero-order chi connectivity index (χ0) is 29.1. The van der Waals surface area contributed by atoms with E-state index in [1.165, 1.54) is 0 Å². The maximum absolute atomic E-state index is 12.4. The number of ether oxygens (including phenoxy) is 1. The number of ketones is 1. The van der Waals surface area contributed by atoms with Crippen molar-refractivity contribution in [2.45, 2.75) is 26.5 Å². The smallest absolute Gasteiger partial charge is 0.299 e. The van der Waals surface area contributed by atoms with Crippen molar-refractivity contribution >= 4 is 51.8 Å². The Morgan fingerprint density at radius 3 is 2.74 bits per heavy atom. The molecular weight excluding hydrogens is 554 g/mol. The number of aryl methyl sites for hydroxylation is 2. The molecule has 1 aliphatic rings. The van der Waals surface area contributed by atoms with E-state index in [0.29, 0.717) is 47.2 Å². The van der Waals surface area contributed by atoms with Gasteiger partial charge in [-0.05, 0) is 79.6 Å². The lowest BCUT2D eigenvalue weighted by atomic mass is 10.1. The number of anilines is 2.